The molecule has 1 amide bonds. The molecule has 0 aliphatic carbocycles. The van der Waals surface area contributed by atoms with Gasteiger partial charge in [0, 0.05) is 19.3 Å². The van der Waals surface area contributed by atoms with E-state index in [0.717, 1.165) is 0 Å². The molecule has 0 atom stereocenters. The van der Waals surface area contributed by atoms with Gasteiger partial charge < -0.3 is 13.6 Å². The van der Waals surface area contributed by atoms with E-state index in [2.05, 4.69) is 4.74 Å². The van der Waals surface area contributed by atoms with E-state index in [-0.39, 0.29) is 17.6 Å². The van der Waals surface area contributed by atoms with Crippen LogP contribution in [0.3, 0.4) is 0 Å². The third-order valence-corrected chi connectivity index (χ3v) is 6.41. The number of hydrogen-bond donors (Lipinski definition) is 0. The quantitative estimate of drug-likeness (QED) is 0.202. The van der Waals surface area contributed by atoms with Crippen molar-refractivity contribution in [1.82, 2.24) is 5.12 Å². The predicted molar refractivity (Wildman–Crippen MR) is 84.4 cm³/mol. The third-order valence-electron chi connectivity index (χ3n) is 3.35. The molecule has 0 N–H and O–H groups in total. The highest BCUT2D eigenvalue weighted by atomic mass is 28.4. The maximum absolute atomic E-state index is 13.7. The van der Waals surface area contributed by atoms with E-state index in [1.807, 2.05) is 0 Å². The first kappa shape index (κ1) is 22.3. The summed E-state index contributed by atoms with van der Waals surface area (Å²) in [7, 11) is -2.50. The summed E-state index contributed by atoms with van der Waals surface area (Å²) in [5.74, 6) is -9.17. The molecule has 0 spiro atoms. The van der Waals surface area contributed by atoms with Crippen LogP contribution in [0.1, 0.15) is 20.3 Å². The Balaban J connectivity index is 2.64. The maximum Gasteiger partial charge on any atom is 0.443 e. The lowest BCUT2D eigenvalue weighted by molar-refractivity contribution is 0.0354. The summed E-state index contributed by atoms with van der Waals surface area (Å²) >= 11 is 0. The molecule has 0 radical (unpaired) electrons. The van der Waals surface area contributed by atoms with Gasteiger partial charge in [0.2, 0.25) is 11.6 Å². The molecule has 0 saturated carbocycles. The van der Waals surface area contributed by atoms with E-state index in [1.54, 1.807) is 20.4 Å². The van der Waals surface area contributed by atoms with Gasteiger partial charge in [0.05, 0.1) is 6.54 Å². The number of benzene rings is 1. The number of ether oxygens (including phenoxy) is 1. The minimum atomic E-state index is -2.50. The SMILES string of the molecule is CCO[Si](C)(CCCN(F)C(=O)Oc1cc(F)c(F)c(F)c1F)OCC. The summed E-state index contributed by atoms with van der Waals surface area (Å²) in [5.41, 5.74) is 0. The molecule has 0 bridgehead atoms. The van der Waals surface area contributed by atoms with Gasteiger partial charge in [-0.05, 0) is 32.9 Å². The molecule has 11 heteroatoms. The number of rotatable bonds is 9. The van der Waals surface area contributed by atoms with E-state index in [4.69, 9.17) is 8.85 Å². The van der Waals surface area contributed by atoms with Gasteiger partial charge in [-0.3, -0.25) is 0 Å². The fourth-order valence-corrected chi connectivity index (χ4v) is 4.59. The van der Waals surface area contributed by atoms with Crippen LogP contribution >= 0.6 is 0 Å². The van der Waals surface area contributed by atoms with Crippen molar-refractivity contribution in [2.45, 2.75) is 32.9 Å². The van der Waals surface area contributed by atoms with E-state index >= 15 is 0 Å². The molecule has 148 valence electrons. The Kier molecular flexibility index (Phi) is 8.44. The highest BCUT2D eigenvalue weighted by molar-refractivity contribution is 6.66. The number of amides is 1. The fourth-order valence-electron chi connectivity index (χ4n) is 2.20. The lowest BCUT2D eigenvalue weighted by Gasteiger charge is -2.26. The number of nitrogens with zero attached hydrogens (tertiary/aromatic N) is 1. The standard InChI is InChI=1S/C15H20F5NO4Si/c1-4-23-26(3,24-5-2)8-6-7-21(20)15(22)25-11-9-10(16)12(17)14(19)13(11)18/h9H,4-8H2,1-3H3. The Bertz CT molecular complexity index is 629. The van der Waals surface area contributed by atoms with Crippen molar-refractivity contribution in [3.05, 3.63) is 29.3 Å². The van der Waals surface area contributed by atoms with Crippen LogP contribution in [-0.4, -0.2) is 39.5 Å². The third kappa shape index (κ3) is 5.92. The van der Waals surface area contributed by atoms with Crippen molar-refractivity contribution in [3.8, 4) is 5.75 Å². The molecule has 5 nitrogen and oxygen atoms in total. The average molecular weight is 401 g/mol. The molecule has 0 aromatic heterocycles. The van der Waals surface area contributed by atoms with Gasteiger partial charge in [0.1, 0.15) is 0 Å². The minimum Gasteiger partial charge on any atom is -0.405 e. The van der Waals surface area contributed by atoms with Gasteiger partial charge >= 0.3 is 14.7 Å². The molecule has 0 aliphatic rings. The van der Waals surface area contributed by atoms with Crippen molar-refractivity contribution in [3.63, 3.8) is 0 Å². The molecule has 1 aromatic rings. The fraction of sp³-hybridized carbons (Fsp3) is 0.533. The second-order valence-electron chi connectivity index (χ2n) is 5.36. The molecule has 26 heavy (non-hydrogen) atoms. The molecule has 0 unspecified atom stereocenters. The monoisotopic (exact) mass is 401 g/mol. The second-order valence-corrected chi connectivity index (χ2v) is 8.70. The molecule has 1 aromatic carbocycles. The first-order valence-corrected chi connectivity index (χ1v) is 10.4. The number of halogens is 5. The predicted octanol–water partition coefficient (Wildman–Crippen LogP) is 4.46. The highest BCUT2D eigenvalue weighted by Crippen LogP contribution is 2.25. The zero-order chi connectivity index (χ0) is 19.9. The van der Waals surface area contributed by atoms with E-state index in [1.165, 1.54) is 0 Å². The molecule has 0 fully saturated rings. The average Bonchev–Trinajstić information content (AvgIpc) is 2.58. The summed E-state index contributed by atoms with van der Waals surface area (Å²) < 4.78 is 81.5. The highest BCUT2D eigenvalue weighted by Gasteiger charge is 2.31. The van der Waals surface area contributed by atoms with E-state index in [0.29, 0.717) is 19.3 Å². The Labute approximate surface area is 148 Å². The molecular formula is C15H20F5NO4Si. The van der Waals surface area contributed by atoms with Crippen molar-refractivity contribution in [2.24, 2.45) is 0 Å². The molecule has 0 heterocycles. The zero-order valence-corrected chi connectivity index (χ0v) is 15.6. The first-order valence-electron chi connectivity index (χ1n) is 7.91. The van der Waals surface area contributed by atoms with Crippen LogP contribution in [0.5, 0.6) is 5.75 Å². The van der Waals surface area contributed by atoms with E-state index < -0.39 is 50.2 Å². The van der Waals surface area contributed by atoms with Crippen LogP contribution in [0.4, 0.5) is 26.8 Å². The van der Waals surface area contributed by atoms with Crippen molar-refractivity contribution >= 4 is 14.7 Å². The van der Waals surface area contributed by atoms with Gasteiger partial charge in [-0.1, -0.05) is 4.48 Å². The van der Waals surface area contributed by atoms with Crippen molar-refractivity contribution in [1.29, 1.82) is 0 Å². The van der Waals surface area contributed by atoms with Crippen LogP contribution in [0.25, 0.3) is 0 Å². The van der Waals surface area contributed by atoms with Crippen LogP contribution in [0.2, 0.25) is 12.6 Å². The Hall–Kier alpha value is -1.72. The maximum atomic E-state index is 13.7. The first-order chi connectivity index (χ1) is 12.1. The van der Waals surface area contributed by atoms with Gasteiger partial charge in [0.15, 0.2) is 17.4 Å². The van der Waals surface area contributed by atoms with Gasteiger partial charge in [0.25, 0.3) is 0 Å². The Morgan fingerprint density at radius 1 is 1.08 bits per heavy atom. The van der Waals surface area contributed by atoms with Crippen molar-refractivity contribution in [2.75, 3.05) is 19.8 Å². The summed E-state index contributed by atoms with van der Waals surface area (Å²) in [6, 6.07) is 0.490. The Morgan fingerprint density at radius 3 is 2.19 bits per heavy atom. The second kappa shape index (κ2) is 9.83. The van der Waals surface area contributed by atoms with Crippen LogP contribution in [-0.2, 0) is 8.85 Å². The van der Waals surface area contributed by atoms with Gasteiger partial charge in [-0.15, -0.1) is 5.12 Å². The summed E-state index contributed by atoms with van der Waals surface area (Å²) in [6.07, 6.45) is -1.53. The van der Waals surface area contributed by atoms with Crippen LogP contribution in [0.15, 0.2) is 6.07 Å². The lowest BCUT2D eigenvalue weighted by Crippen LogP contribution is -2.39. The Morgan fingerprint density at radius 2 is 1.65 bits per heavy atom. The molecule has 0 aliphatic heterocycles. The van der Waals surface area contributed by atoms with Gasteiger partial charge in [-0.2, -0.15) is 4.39 Å². The summed E-state index contributed by atoms with van der Waals surface area (Å²) in [6.45, 7) is 5.78. The molecule has 0 saturated heterocycles. The van der Waals surface area contributed by atoms with Gasteiger partial charge in [-0.25, -0.2) is 18.0 Å². The lowest BCUT2D eigenvalue weighted by atomic mass is 10.3. The van der Waals surface area contributed by atoms with Crippen LogP contribution < -0.4 is 4.74 Å². The summed E-state index contributed by atoms with van der Waals surface area (Å²) in [4.78, 5) is 11.6. The van der Waals surface area contributed by atoms with Crippen LogP contribution in [0, 0.1) is 23.3 Å². The van der Waals surface area contributed by atoms with Crippen molar-refractivity contribution < 1.29 is 40.4 Å². The number of hydrogen-bond acceptors (Lipinski definition) is 4. The smallest absolute Gasteiger partial charge is 0.405 e. The minimum absolute atomic E-state index is 0.119. The number of carbonyl (C=O) groups is 1. The summed E-state index contributed by atoms with van der Waals surface area (Å²) in [5, 5.41) is -0.384. The molecular weight excluding hydrogens is 381 g/mol. The topological polar surface area (TPSA) is 48.0 Å². The number of carbonyl (C=O) groups excluding carboxylic acids is 1. The normalized spacial score (nSPS) is 11.5. The molecule has 1 rings (SSSR count). The largest absolute Gasteiger partial charge is 0.443 e. The zero-order valence-electron chi connectivity index (χ0n) is 14.6. The van der Waals surface area contributed by atoms with E-state index in [9.17, 15) is 26.8 Å².